The summed E-state index contributed by atoms with van der Waals surface area (Å²) in [6.07, 6.45) is 7.10. The highest BCUT2D eigenvalue weighted by atomic mass is 32.2. The van der Waals surface area contributed by atoms with Crippen molar-refractivity contribution >= 4 is 17.7 Å². The number of methoxy groups -OCH3 is 1. The molecule has 1 amide bonds. The van der Waals surface area contributed by atoms with Crippen molar-refractivity contribution in [1.82, 2.24) is 10.2 Å². The lowest BCUT2D eigenvalue weighted by molar-refractivity contribution is -0.115. The fraction of sp³-hybridized carbons (Fsp3) is 0.536. The number of fused-ring (bicyclic) bond motifs is 2. The van der Waals surface area contributed by atoms with Gasteiger partial charge in [-0.1, -0.05) is 30.3 Å². The molecule has 3 aliphatic rings. The minimum absolute atomic E-state index is 0.164. The average molecular weight is 517 g/mol. The third-order valence-electron chi connectivity index (χ3n) is 8.16. The monoisotopic (exact) mass is 516 g/mol. The molecule has 0 radical (unpaired) electrons. The Hall–Kier alpha value is -2.16. The molecule has 3 unspecified atom stereocenters. The zero-order valence-corrected chi connectivity index (χ0v) is 21.9. The van der Waals surface area contributed by atoms with Crippen LogP contribution >= 0.6 is 11.8 Å². The van der Waals surface area contributed by atoms with Crippen molar-refractivity contribution in [2.24, 2.45) is 0 Å². The van der Waals surface area contributed by atoms with Crippen LogP contribution in [0.1, 0.15) is 66.6 Å². The number of hydrogen-bond acceptors (Lipinski definition) is 5. The minimum Gasteiger partial charge on any atom is -0.496 e. The third kappa shape index (κ3) is 4.41. The smallest absolute Gasteiger partial charge is 0.270 e. The summed E-state index contributed by atoms with van der Waals surface area (Å²) < 4.78 is 39.7. The molecule has 2 bridgehead atoms. The molecule has 0 aromatic heterocycles. The molecule has 5 rings (SSSR count). The Bertz CT molecular complexity index is 1060. The highest BCUT2D eigenvalue weighted by Crippen LogP contribution is 2.52. The van der Waals surface area contributed by atoms with E-state index in [9.17, 15) is 13.6 Å². The summed E-state index contributed by atoms with van der Waals surface area (Å²) in [6, 6.07) is 13.3. The van der Waals surface area contributed by atoms with Crippen LogP contribution < -0.4 is 10.1 Å². The molecule has 194 valence electrons. The van der Waals surface area contributed by atoms with Gasteiger partial charge in [-0.3, -0.25) is 9.69 Å². The number of carbonyl (C=O) groups excluding carboxylic acids is 1. The first-order chi connectivity index (χ1) is 17.3. The molecule has 5 nitrogen and oxygen atoms in total. The summed E-state index contributed by atoms with van der Waals surface area (Å²) in [6.45, 7) is 2.31. The summed E-state index contributed by atoms with van der Waals surface area (Å²) >= 11 is 1.27. The van der Waals surface area contributed by atoms with Gasteiger partial charge in [0.2, 0.25) is 0 Å². The molecule has 3 fully saturated rings. The second-order valence-corrected chi connectivity index (χ2v) is 11.1. The second kappa shape index (κ2) is 9.95. The molecule has 3 atom stereocenters. The van der Waals surface area contributed by atoms with E-state index in [0.29, 0.717) is 22.5 Å². The van der Waals surface area contributed by atoms with Crippen LogP contribution in [0.3, 0.4) is 0 Å². The number of carbonyl (C=O) groups is 1. The van der Waals surface area contributed by atoms with Gasteiger partial charge in [-0.25, -0.2) is 8.78 Å². The van der Waals surface area contributed by atoms with E-state index < -0.39 is 5.92 Å². The van der Waals surface area contributed by atoms with Crippen LogP contribution in [0.25, 0.3) is 0 Å². The van der Waals surface area contributed by atoms with Crippen molar-refractivity contribution in [3.63, 3.8) is 0 Å². The molecule has 8 heteroatoms. The molecule has 2 aliphatic heterocycles. The van der Waals surface area contributed by atoms with Crippen molar-refractivity contribution in [3.05, 3.63) is 59.2 Å². The van der Waals surface area contributed by atoms with Crippen LogP contribution in [0.2, 0.25) is 0 Å². The van der Waals surface area contributed by atoms with Crippen molar-refractivity contribution in [3.8, 4) is 5.75 Å². The van der Waals surface area contributed by atoms with E-state index in [4.69, 9.17) is 9.47 Å². The molecule has 2 heterocycles. The maximum absolute atomic E-state index is 14.2. The Morgan fingerprint density at radius 2 is 1.86 bits per heavy atom. The van der Waals surface area contributed by atoms with E-state index in [2.05, 4.69) is 22.3 Å². The van der Waals surface area contributed by atoms with Gasteiger partial charge in [0.25, 0.3) is 11.8 Å². The zero-order chi connectivity index (χ0) is 25.5. The highest BCUT2D eigenvalue weighted by molar-refractivity contribution is 7.98. The van der Waals surface area contributed by atoms with E-state index in [1.165, 1.54) is 31.0 Å². The number of alkyl halides is 2. The molecule has 1 aliphatic carbocycles. The first-order valence-electron chi connectivity index (χ1n) is 12.6. The number of rotatable bonds is 8. The molecular weight excluding hydrogens is 482 g/mol. The molecule has 1 N–H and O–H groups in total. The molecule has 2 saturated heterocycles. The van der Waals surface area contributed by atoms with Crippen molar-refractivity contribution in [2.45, 2.75) is 73.5 Å². The van der Waals surface area contributed by atoms with Crippen LogP contribution in [0.15, 0.2) is 47.4 Å². The normalized spacial score (nSPS) is 24.1. The van der Waals surface area contributed by atoms with Gasteiger partial charge < -0.3 is 14.8 Å². The lowest BCUT2D eigenvalue weighted by Crippen LogP contribution is -2.67. The summed E-state index contributed by atoms with van der Waals surface area (Å²) in [7, 11) is 1.42. The van der Waals surface area contributed by atoms with E-state index in [-0.39, 0.29) is 28.8 Å². The molecule has 36 heavy (non-hydrogen) atoms. The van der Waals surface area contributed by atoms with Crippen LogP contribution in [-0.4, -0.2) is 55.0 Å². The Morgan fingerprint density at radius 3 is 2.39 bits per heavy atom. The minimum atomic E-state index is -3.04. The molecule has 2 aromatic rings. The first-order valence-corrected chi connectivity index (χ1v) is 13.9. The Morgan fingerprint density at radius 1 is 1.19 bits per heavy atom. The van der Waals surface area contributed by atoms with Crippen LogP contribution in [0.4, 0.5) is 8.78 Å². The average Bonchev–Trinajstić information content (AvgIpc) is 3.09. The highest BCUT2D eigenvalue weighted by Gasteiger charge is 2.56. The second-order valence-electron chi connectivity index (χ2n) is 10.2. The number of nitrogens with zero attached hydrogens (tertiary/aromatic N) is 1. The number of hydrogen-bond donors (Lipinski definition) is 1. The van der Waals surface area contributed by atoms with Gasteiger partial charge in [0.1, 0.15) is 5.75 Å². The Kier molecular flexibility index (Phi) is 7.05. The standard InChI is InChI=1S/C28H34F2N2O3S/c1-27(29,30)19-14-22(34-2)24(23(15-19)36-3)26(33)31-25(18-8-5-4-6-9-18)28(12-7-13-28)32-20-10-11-21(32)17-35-16-20/h4-6,8-9,14-15,20-21,25H,7,10-13,16-17H2,1-3H3,(H,31,33). The Labute approximate surface area is 215 Å². The van der Waals surface area contributed by atoms with Crippen LogP contribution in [0.5, 0.6) is 5.75 Å². The lowest BCUT2D eigenvalue weighted by Gasteiger charge is -2.58. The van der Waals surface area contributed by atoms with Crippen LogP contribution in [0, 0.1) is 0 Å². The number of nitrogens with one attached hydrogen (secondary N) is 1. The van der Waals surface area contributed by atoms with E-state index in [1.54, 1.807) is 6.26 Å². The Balaban J connectivity index is 1.55. The van der Waals surface area contributed by atoms with Crippen molar-refractivity contribution in [1.29, 1.82) is 0 Å². The number of halogens is 2. The summed E-state index contributed by atoms with van der Waals surface area (Å²) in [5.41, 5.74) is 0.992. The zero-order valence-electron chi connectivity index (χ0n) is 21.1. The largest absolute Gasteiger partial charge is 0.496 e. The fourth-order valence-corrected chi connectivity index (χ4v) is 7.00. The summed E-state index contributed by atoms with van der Waals surface area (Å²) in [4.78, 5) is 17.1. The van der Waals surface area contributed by atoms with Gasteiger partial charge in [0, 0.05) is 35.0 Å². The molecular formula is C28H34F2N2O3S. The molecule has 2 aromatic carbocycles. The maximum atomic E-state index is 14.2. The van der Waals surface area contributed by atoms with Gasteiger partial charge >= 0.3 is 0 Å². The molecule has 1 saturated carbocycles. The van der Waals surface area contributed by atoms with Crippen LogP contribution in [-0.2, 0) is 10.7 Å². The van der Waals surface area contributed by atoms with Crippen molar-refractivity contribution < 1.29 is 23.0 Å². The van der Waals surface area contributed by atoms with Gasteiger partial charge in [0.05, 0.1) is 31.9 Å². The van der Waals surface area contributed by atoms with Gasteiger partial charge in [0.15, 0.2) is 0 Å². The first kappa shape index (κ1) is 25.5. The predicted molar refractivity (Wildman–Crippen MR) is 137 cm³/mol. The topological polar surface area (TPSA) is 50.8 Å². The third-order valence-corrected chi connectivity index (χ3v) is 8.92. The lowest BCUT2D eigenvalue weighted by atomic mass is 9.67. The quantitative estimate of drug-likeness (QED) is 0.451. The number of morpholine rings is 1. The number of benzene rings is 2. The van der Waals surface area contributed by atoms with Gasteiger partial charge in [-0.2, -0.15) is 0 Å². The van der Waals surface area contributed by atoms with Crippen molar-refractivity contribution in [2.75, 3.05) is 26.6 Å². The number of thioether (sulfide) groups is 1. The van der Waals surface area contributed by atoms with E-state index >= 15 is 0 Å². The van der Waals surface area contributed by atoms with Gasteiger partial charge in [-0.05, 0) is 56.1 Å². The predicted octanol–water partition coefficient (Wildman–Crippen LogP) is 5.79. The number of amides is 1. The number of ether oxygens (including phenoxy) is 2. The van der Waals surface area contributed by atoms with E-state index in [1.807, 2.05) is 18.2 Å². The summed E-state index contributed by atoms with van der Waals surface area (Å²) in [5, 5.41) is 3.36. The molecule has 0 spiro atoms. The fourth-order valence-electron chi connectivity index (χ4n) is 6.36. The van der Waals surface area contributed by atoms with E-state index in [0.717, 1.165) is 57.8 Å². The van der Waals surface area contributed by atoms with Gasteiger partial charge in [-0.15, -0.1) is 11.8 Å². The summed E-state index contributed by atoms with van der Waals surface area (Å²) in [5.74, 6) is -3.18. The maximum Gasteiger partial charge on any atom is 0.270 e. The SMILES string of the molecule is COc1cc(C(C)(F)F)cc(SC)c1C(=O)NC(c1ccccc1)C1(N2C3CCC2COC3)CCC1.